The summed E-state index contributed by atoms with van der Waals surface area (Å²) in [5.74, 6) is 2.81. The molecule has 50 heavy (non-hydrogen) atoms. The van der Waals surface area contributed by atoms with E-state index in [1.165, 1.54) is 36.8 Å². The van der Waals surface area contributed by atoms with Crippen LogP contribution in [-0.4, -0.2) is 84.3 Å². The Morgan fingerprint density at radius 1 is 0.680 bits per heavy atom. The summed E-state index contributed by atoms with van der Waals surface area (Å²) in [6, 6.07) is 7.60. The Balaban J connectivity index is 1.05. The van der Waals surface area contributed by atoms with Crippen molar-refractivity contribution in [1.82, 2.24) is 14.4 Å². The molecule has 2 saturated carbocycles. The average Bonchev–Trinajstić information content (AvgIpc) is 4.00. The highest BCUT2D eigenvalue weighted by atomic mass is 16.5. The summed E-state index contributed by atoms with van der Waals surface area (Å²) < 4.78 is 16.3. The van der Waals surface area contributed by atoms with Gasteiger partial charge < -0.3 is 34.5 Å². The molecule has 2 saturated heterocycles. The minimum atomic E-state index is -1.10. The first kappa shape index (κ1) is 28.4. The number of nitrogens with zero attached hydrogens (tertiary/aromatic N) is 3. The zero-order valence-corrected chi connectivity index (χ0v) is 28.6. The standard InChI is InChI=1S/C41H45N3O6/c1-42-32-24(16-40(47)28-14-22-6-8-26(45)34-30(22)38(40,36(32)49-34)10-12-43(28)18-20-2-3-20)25-17-41(48)29-15-23-7-9-27(46)35-31(23)39(41,37(50-35)33(25)42)11-13-44(29)19-21-4-5-21/h6-9,20-21,28-29,36-37,45-48H,2-5,10-19H2,1H3. The average molecular weight is 676 g/mol. The fourth-order valence-corrected chi connectivity index (χ4v) is 13.8. The second-order valence-corrected chi connectivity index (χ2v) is 18.1. The van der Waals surface area contributed by atoms with Crippen LogP contribution in [0.3, 0.4) is 0 Å². The van der Waals surface area contributed by atoms with Crippen molar-refractivity contribution in [3.8, 4) is 23.0 Å². The number of fused-ring (bicyclic) bond motifs is 5. The van der Waals surface area contributed by atoms with Gasteiger partial charge in [-0.05, 0) is 111 Å². The molecular weight excluding hydrogens is 630 g/mol. The Hall–Kier alpha value is -3.24. The van der Waals surface area contributed by atoms with E-state index in [9.17, 15) is 20.4 Å². The van der Waals surface area contributed by atoms with E-state index in [0.717, 1.165) is 85.5 Å². The molecule has 13 rings (SSSR count). The predicted molar refractivity (Wildman–Crippen MR) is 182 cm³/mol. The van der Waals surface area contributed by atoms with Crippen molar-refractivity contribution in [2.24, 2.45) is 18.9 Å². The summed E-state index contributed by atoms with van der Waals surface area (Å²) in [6.07, 6.45) is 8.13. The van der Waals surface area contributed by atoms with Crippen LogP contribution in [0.2, 0.25) is 0 Å². The SMILES string of the molecule is Cn1c2c(c3c1C1Oc4c(O)ccc5c4C14CCN(CC1CC1)C(C5)C4(O)C3)CC1(O)C3Cc4ccc(O)c5c4C1(CCN3CC1CC1)C2O5. The number of benzene rings is 2. The Bertz CT molecular complexity index is 1960. The van der Waals surface area contributed by atoms with Crippen LogP contribution in [0.15, 0.2) is 24.3 Å². The summed E-state index contributed by atoms with van der Waals surface area (Å²) in [6.45, 7) is 3.86. The van der Waals surface area contributed by atoms with Crippen LogP contribution in [0.4, 0.5) is 0 Å². The number of likely N-dealkylation sites (tertiary alicyclic amines) is 2. The van der Waals surface area contributed by atoms with Gasteiger partial charge in [-0.25, -0.2) is 0 Å². The molecular formula is C41H45N3O6. The highest BCUT2D eigenvalue weighted by Gasteiger charge is 2.76. The number of rotatable bonds is 4. The van der Waals surface area contributed by atoms with Gasteiger partial charge in [0.2, 0.25) is 0 Å². The number of aromatic hydroxyl groups is 2. The largest absolute Gasteiger partial charge is 0.504 e. The van der Waals surface area contributed by atoms with Crippen LogP contribution in [0.1, 0.15) is 95.5 Å². The number of phenols is 2. The number of aromatic nitrogens is 1. The number of aliphatic hydroxyl groups is 2. The molecule has 8 atom stereocenters. The minimum Gasteiger partial charge on any atom is -0.504 e. The lowest BCUT2D eigenvalue weighted by Crippen LogP contribution is -2.75. The predicted octanol–water partition coefficient (Wildman–Crippen LogP) is 3.83. The van der Waals surface area contributed by atoms with E-state index in [0.29, 0.717) is 36.2 Å². The normalized spacial score (nSPS) is 40.8. The van der Waals surface area contributed by atoms with E-state index < -0.39 is 34.2 Å². The number of ether oxygens (including phenoxy) is 2. The third kappa shape index (κ3) is 2.87. The minimum absolute atomic E-state index is 0.0532. The maximum absolute atomic E-state index is 13.6. The van der Waals surface area contributed by atoms with Crippen LogP contribution < -0.4 is 9.47 Å². The molecule has 0 amide bonds. The molecule has 8 unspecified atom stereocenters. The molecule has 4 bridgehead atoms. The Labute approximate surface area is 291 Å². The van der Waals surface area contributed by atoms with Gasteiger partial charge in [-0.15, -0.1) is 0 Å². The lowest BCUT2D eigenvalue weighted by Gasteiger charge is -2.63. The number of phenolic OH excluding ortho intramolecular Hbond substituents is 2. The smallest absolute Gasteiger partial charge is 0.166 e. The Morgan fingerprint density at radius 2 is 1.12 bits per heavy atom. The second-order valence-electron chi connectivity index (χ2n) is 18.1. The van der Waals surface area contributed by atoms with Crippen molar-refractivity contribution in [3.05, 3.63) is 69.0 Å². The van der Waals surface area contributed by atoms with E-state index in [2.05, 4.69) is 33.5 Å². The number of piperidine rings is 2. The highest BCUT2D eigenvalue weighted by molar-refractivity contribution is 5.69. The molecule has 2 spiro atoms. The summed E-state index contributed by atoms with van der Waals surface area (Å²) >= 11 is 0. The van der Waals surface area contributed by atoms with Gasteiger partial charge in [0.25, 0.3) is 0 Å². The zero-order valence-electron chi connectivity index (χ0n) is 28.6. The van der Waals surface area contributed by atoms with Gasteiger partial charge in [0.15, 0.2) is 35.2 Å². The van der Waals surface area contributed by atoms with Crippen LogP contribution in [0.5, 0.6) is 23.0 Å². The molecule has 5 heterocycles. The molecule has 3 aromatic rings. The van der Waals surface area contributed by atoms with Crippen LogP contribution in [0.25, 0.3) is 0 Å². The lowest BCUT2D eigenvalue weighted by atomic mass is 9.47. The van der Waals surface area contributed by atoms with Gasteiger partial charge in [0, 0.05) is 56.2 Å². The van der Waals surface area contributed by atoms with Gasteiger partial charge >= 0.3 is 0 Å². The number of hydrogen-bond acceptors (Lipinski definition) is 8. The van der Waals surface area contributed by atoms with Crippen molar-refractivity contribution >= 4 is 0 Å². The molecule has 9 heteroatoms. The summed E-state index contributed by atoms with van der Waals surface area (Å²) in [5, 5.41) is 49.8. The molecule has 4 fully saturated rings. The molecule has 9 nitrogen and oxygen atoms in total. The van der Waals surface area contributed by atoms with Crippen molar-refractivity contribution in [2.75, 3.05) is 26.2 Å². The van der Waals surface area contributed by atoms with E-state index in [1.807, 2.05) is 0 Å². The van der Waals surface area contributed by atoms with Crippen molar-refractivity contribution < 1.29 is 29.9 Å². The molecule has 6 aliphatic carbocycles. The number of hydrogen-bond donors (Lipinski definition) is 4. The van der Waals surface area contributed by atoms with Crippen molar-refractivity contribution in [1.29, 1.82) is 0 Å². The summed E-state index contributed by atoms with van der Waals surface area (Å²) in [5.41, 5.74) is 5.21. The topological polar surface area (TPSA) is 111 Å². The fourth-order valence-electron chi connectivity index (χ4n) is 13.8. The van der Waals surface area contributed by atoms with Gasteiger partial charge in [-0.2, -0.15) is 0 Å². The third-order valence-electron chi connectivity index (χ3n) is 16.1. The molecule has 260 valence electrons. The maximum Gasteiger partial charge on any atom is 0.166 e. The van der Waals surface area contributed by atoms with Crippen LogP contribution >= 0.6 is 0 Å². The molecule has 0 radical (unpaired) electrons. The zero-order chi connectivity index (χ0) is 33.3. The first-order chi connectivity index (χ1) is 24.2. The van der Waals surface area contributed by atoms with Crippen molar-refractivity contribution in [3.63, 3.8) is 0 Å². The van der Waals surface area contributed by atoms with Gasteiger partial charge in [0.05, 0.1) is 33.4 Å². The first-order valence-corrected chi connectivity index (χ1v) is 19.3. The highest BCUT2D eigenvalue weighted by Crippen LogP contribution is 2.73. The fraction of sp³-hybridized carbons (Fsp3) is 0.610. The second kappa shape index (κ2) is 8.52. The lowest BCUT2D eigenvalue weighted by molar-refractivity contribution is -0.176. The van der Waals surface area contributed by atoms with E-state index in [-0.39, 0.29) is 23.6 Å². The quantitative estimate of drug-likeness (QED) is 0.331. The molecule has 10 aliphatic rings. The first-order valence-electron chi connectivity index (χ1n) is 19.3. The molecule has 4 N–H and O–H groups in total. The van der Waals surface area contributed by atoms with Gasteiger partial charge in [0.1, 0.15) is 0 Å². The molecule has 2 aromatic carbocycles. The van der Waals surface area contributed by atoms with E-state index in [1.54, 1.807) is 12.1 Å². The van der Waals surface area contributed by atoms with E-state index in [4.69, 9.17) is 9.47 Å². The van der Waals surface area contributed by atoms with Crippen molar-refractivity contribution in [2.45, 2.75) is 111 Å². The van der Waals surface area contributed by atoms with Gasteiger partial charge in [-0.3, -0.25) is 9.80 Å². The van der Waals surface area contributed by atoms with Crippen LogP contribution in [0, 0.1) is 11.8 Å². The Morgan fingerprint density at radius 3 is 1.54 bits per heavy atom. The summed E-state index contributed by atoms with van der Waals surface area (Å²) in [7, 11) is 2.13. The van der Waals surface area contributed by atoms with Crippen LogP contribution in [-0.2, 0) is 43.6 Å². The molecule has 1 aromatic heterocycles. The molecule has 4 aliphatic heterocycles. The monoisotopic (exact) mass is 675 g/mol. The maximum atomic E-state index is 13.6. The third-order valence-corrected chi connectivity index (χ3v) is 16.1. The summed E-state index contributed by atoms with van der Waals surface area (Å²) in [4.78, 5) is 5.16. The van der Waals surface area contributed by atoms with Gasteiger partial charge in [-0.1, -0.05) is 12.1 Å². The Kier molecular flexibility index (Phi) is 4.83. The van der Waals surface area contributed by atoms with E-state index >= 15 is 0 Å².